The van der Waals surface area contributed by atoms with E-state index in [0.717, 1.165) is 18.7 Å². The van der Waals surface area contributed by atoms with Crippen LogP contribution in [0.2, 0.25) is 0 Å². The average Bonchev–Trinajstić information content (AvgIpc) is 2.43. The fraction of sp³-hybridized carbons (Fsp3) is 0.500. The molecule has 0 heterocycles. The summed E-state index contributed by atoms with van der Waals surface area (Å²) >= 11 is 0. The summed E-state index contributed by atoms with van der Waals surface area (Å²) in [5.74, 6) is -0.395. The van der Waals surface area contributed by atoms with E-state index >= 15 is 0 Å². The first-order chi connectivity index (χ1) is 9.95. The Morgan fingerprint density at radius 2 is 1.95 bits per heavy atom. The zero-order chi connectivity index (χ0) is 15.8. The summed E-state index contributed by atoms with van der Waals surface area (Å²) in [7, 11) is 0. The molecular formula is C16H25N3O2. The number of anilines is 1. The van der Waals surface area contributed by atoms with E-state index in [4.69, 9.17) is 5.73 Å². The second kappa shape index (κ2) is 8.29. The minimum Gasteiger partial charge on any atom is -0.384 e. The third kappa shape index (κ3) is 5.45. The standard InChI is InChI=1S/C16H25N3O2/c1-4-9-18-14-8-6-5-7-13(14)16(21)19(10-12(2)3)11-15(17)20/h5-8,12,18H,4,9-11H2,1-3H3,(H2,17,20). The van der Waals surface area contributed by atoms with E-state index in [1.807, 2.05) is 32.0 Å². The maximum Gasteiger partial charge on any atom is 0.256 e. The molecule has 116 valence electrons. The van der Waals surface area contributed by atoms with Crippen molar-refractivity contribution in [3.63, 3.8) is 0 Å². The number of hydrogen-bond donors (Lipinski definition) is 2. The molecule has 0 saturated carbocycles. The molecule has 0 radical (unpaired) electrons. The van der Waals surface area contributed by atoms with Crippen LogP contribution in [0.5, 0.6) is 0 Å². The van der Waals surface area contributed by atoms with Gasteiger partial charge in [-0.1, -0.05) is 32.9 Å². The van der Waals surface area contributed by atoms with E-state index in [1.54, 1.807) is 6.07 Å². The van der Waals surface area contributed by atoms with Gasteiger partial charge < -0.3 is 16.0 Å². The predicted molar refractivity (Wildman–Crippen MR) is 85.2 cm³/mol. The van der Waals surface area contributed by atoms with Crippen molar-refractivity contribution in [3.05, 3.63) is 29.8 Å². The number of carbonyl (C=O) groups excluding carboxylic acids is 2. The molecule has 3 N–H and O–H groups in total. The minimum absolute atomic E-state index is 0.0564. The molecule has 1 aromatic rings. The molecule has 0 aromatic heterocycles. The Bertz CT molecular complexity index is 486. The number of amides is 2. The molecule has 21 heavy (non-hydrogen) atoms. The van der Waals surface area contributed by atoms with E-state index in [2.05, 4.69) is 12.2 Å². The van der Waals surface area contributed by atoms with Crippen LogP contribution in [0.4, 0.5) is 5.69 Å². The molecule has 0 atom stereocenters. The summed E-state index contributed by atoms with van der Waals surface area (Å²) in [5.41, 5.74) is 6.63. The first kappa shape index (κ1) is 17.0. The molecule has 2 amide bonds. The van der Waals surface area contributed by atoms with Crippen LogP contribution >= 0.6 is 0 Å². The first-order valence-electron chi connectivity index (χ1n) is 7.36. The topological polar surface area (TPSA) is 75.4 Å². The molecule has 0 bridgehead atoms. The number of nitrogens with two attached hydrogens (primary N) is 1. The summed E-state index contributed by atoms with van der Waals surface area (Å²) in [6.07, 6.45) is 0.972. The monoisotopic (exact) mass is 291 g/mol. The lowest BCUT2D eigenvalue weighted by Gasteiger charge is -2.24. The van der Waals surface area contributed by atoms with E-state index < -0.39 is 5.91 Å². The van der Waals surface area contributed by atoms with Gasteiger partial charge in [-0.25, -0.2) is 0 Å². The SMILES string of the molecule is CCCNc1ccccc1C(=O)N(CC(N)=O)CC(C)C. The molecule has 0 fully saturated rings. The van der Waals surface area contributed by atoms with Gasteiger partial charge in [0.25, 0.3) is 5.91 Å². The average molecular weight is 291 g/mol. The predicted octanol–water partition coefficient (Wildman–Crippen LogP) is 2.09. The van der Waals surface area contributed by atoms with Crippen molar-refractivity contribution in [3.8, 4) is 0 Å². The van der Waals surface area contributed by atoms with Gasteiger partial charge in [-0.15, -0.1) is 0 Å². The lowest BCUT2D eigenvalue weighted by Crippen LogP contribution is -2.40. The molecule has 1 rings (SSSR count). The van der Waals surface area contributed by atoms with Crippen LogP contribution in [-0.4, -0.2) is 36.3 Å². The molecule has 1 aromatic carbocycles. The van der Waals surface area contributed by atoms with Crippen LogP contribution in [0.15, 0.2) is 24.3 Å². The van der Waals surface area contributed by atoms with Gasteiger partial charge in [0.1, 0.15) is 0 Å². The van der Waals surface area contributed by atoms with Crippen LogP contribution in [0, 0.1) is 5.92 Å². The van der Waals surface area contributed by atoms with Gasteiger partial charge in [0.15, 0.2) is 0 Å². The van der Waals surface area contributed by atoms with Gasteiger partial charge in [0, 0.05) is 18.8 Å². The summed E-state index contributed by atoms with van der Waals surface area (Å²) < 4.78 is 0. The van der Waals surface area contributed by atoms with Gasteiger partial charge in [0.05, 0.1) is 12.1 Å². The van der Waals surface area contributed by atoms with Crippen molar-refractivity contribution in [2.75, 3.05) is 25.0 Å². The minimum atomic E-state index is -0.497. The molecule has 0 unspecified atom stereocenters. The fourth-order valence-electron chi connectivity index (χ4n) is 2.10. The van der Waals surface area contributed by atoms with Crippen LogP contribution in [-0.2, 0) is 4.79 Å². The first-order valence-corrected chi connectivity index (χ1v) is 7.36. The Morgan fingerprint density at radius 1 is 1.29 bits per heavy atom. The van der Waals surface area contributed by atoms with Gasteiger partial charge in [-0.05, 0) is 24.5 Å². The quantitative estimate of drug-likeness (QED) is 0.770. The number of hydrogen-bond acceptors (Lipinski definition) is 3. The summed E-state index contributed by atoms with van der Waals surface area (Å²) in [6, 6.07) is 7.35. The number of carbonyl (C=O) groups is 2. The van der Waals surface area contributed by atoms with E-state index in [-0.39, 0.29) is 18.4 Å². The number of rotatable bonds is 8. The van der Waals surface area contributed by atoms with Crippen LogP contribution in [0.3, 0.4) is 0 Å². The largest absolute Gasteiger partial charge is 0.384 e. The molecule has 0 aliphatic carbocycles. The maximum atomic E-state index is 12.7. The summed E-state index contributed by atoms with van der Waals surface area (Å²) in [4.78, 5) is 25.4. The Balaban J connectivity index is 2.99. The summed E-state index contributed by atoms with van der Waals surface area (Å²) in [6.45, 7) is 7.31. The van der Waals surface area contributed by atoms with Crippen molar-refractivity contribution in [1.82, 2.24) is 4.90 Å². The van der Waals surface area contributed by atoms with Gasteiger partial charge in [0.2, 0.25) is 5.91 Å². The number of para-hydroxylation sites is 1. The van der Waals surface area contributed by atoms with Gasteiger partial charge >= 0.3 is 0 Å². The zero-order valence-corrected chi connectivity index (χ0v) is 13.1. The van der Waals surface area contributed by atoms with Gasteiger partial charge in [-0.2, -0.15) is 0 Å². The van der Waals surface area contributed by atoms with E-state index in [0.29, 0.717) is 12.1 Å². The molecule has 0 aliphatic heterocycles. The molecule has 5 heteroatoms. The highest BCUT2D eigenvalue weighted by Crippen LogP contribution is 2.18. The third-order valence-electron chi connectivity index (χ3n) is 2.94. The van der Waals surface area contributed by atoms with Crippen molar-refractivity contribution >= 4 is 17.5 Å². The summed E-state index contributed by atoms with van der Waals surface area (Å²) in [5, 5.41) is 3.24. The Hall–Kier alpha value is -2.04. The molecule has 0 spiro atoms. The molecular weight excluding hydrogens is 266 g/mol. The molecule has 5 nitrogen and oxygen atoms in total. The maximum absolute atomic E-state index is 12.7. The van der Waals surface area contributed by atoms with Crippen molar-refractivity contribution in [1.29, 1.82) is 0 Å². The smallest absolute Gasteiger partial charge is 0.256 e. The highest BCUT2D eigenvalue weighted by Gasteiger charge is 2.20. The van der Waals surface area contributed by atoms with Crippen molar-refractivity contribution in [2.45, 2.75) is 27.2 Å². The van der Waals surface area contributed by atoms with Crippen LogP contribution in [0.1, 0.15) is 37.6 Å². The third-order valence-corrected chi connectivity index (χ3v) is 2.94. The van der Waals surface area contributed by atoms with Gasteiger partial charge in [-0.3, -0.25) is 9.59 Å². The van der Waals surface area contributed by atoms with Crippen molar-refractivity contribution in [2.24, 2.45) is 11.7 Å². The van der Waals surface area contributed by atoms with Crippen molar-refractivity contribution < 1.29 is 9.59 Å². The van der Waals surface area contributed by atoms with Crippen LogP contribution < -0.4 is 11.1 Å². The second-order valence-electron chi connectivity index (χ2n) is 5.52. The normalized spacial score (nSPS) is 10.5. The number of benzene rings is 1. The fourth-order valence-corrected chi connectivity index (χ4v) is 2.10. The highest BCUT2D eigenvalue weighted by molar-refractivity contribution is 6.01. The molecule has 0 saturated heterocycles. The number of nitrogens with one attached hydrogen (secondary N) is 1. The van der Waals surface area contributed by atoms with E-state index in [9.17, 15) is 9.59 Å². The van der Waals surface area contributed by atoms with Crippen LogP contribution in [0.25, 0.3) is 0 Å². The lowest BCUT2D eigenvalue weighted by atomic mass is 10.1. The number of primary amides is 1. The Labute approximate surface area is 126 Å². The van der Waals surface area contributed by atoms with E-state index in [1.165, 1.54) is 4.90 Å². The second-order valence-corrected chi connectivity index (χ2v) is 5.52. The Kier molecular flexibility index (Phi) is 6.72. The highest BCUT2D eigenvalue weighted by atomic mass is 16.2. The Morgan fingerprint density at radius 3 is 2.52 bits per heavy atom. The lowest BCUT2D eigenvalue weighted by molar-refractivity contribution is -0.118. The number of nitrogens with zero attached hydrogens (tertiary/aromatic N) is 1. The zero-order valence-electron chi connectivity index (χ0n) is 13.1. The molecule has 0 aliphatic rings.